The summed E-state index contributed by atoms with van der Waals surface area (Å²) >= 11 is 0. The fraction of sp³-hybridized carbons (Fsp3) is 0. The van der Waals surface area contributed by atoms with Gasteiger partial charge in [-0.1, -0.05) is 170 Å². The molecule has 0 aliphatic heterocycles. The van der Waals surface area contributed by atoms with Gasteiger partial charge in [0, 0.05) is 43.9 Å². The lowest BCUT2D eigenvalue weighted by atomic mass is 9.93. The van der Waals surface area contributed by atoms with Crippen molar-refractivity contribution in [1.29, 1.82) is 0 Å². The quantitative estimate of drug-likeness (QED) is 0.174. The monoisotopic (exact) mass is 790 g/mol. The third-order valence-electron chi connectivity index (χ3n) is 12.4. The predicted octanol–water partition coefficient (Wildman–Crippen LogP) is 15.0. The third-order valence-corrected chi connectivity index (χ3v) is 12.4. The highest BCUT2D eigenvalue weighted by molar-refractivity contribution is 6.29. The first-order valence-corrected chi connectivity index (χ1v) is 20.9. The van der Waals surface area contributed by atoms with Crippen LogP contribution in [-0.4, -0.2) is 19.5 Å². The molecule has 0 bridgehead atoms. The van der Waals surface area contributed by atoms with E-state index < -0.39 is 0 Å². The molecule has 0 N–H and O–H groups in total. The number of rotatable bonds is 5. The van der Waals surface area contributed by atoms with Crippen molar-refractivity contribution in [2.45, 2.75) is 0 Å². The van der Waals surface area contributed by atoms with Crippen molar-refractivity contribution >= 4 is 76.1 Å². The van der Waals surface area contributed by atoms with Crippen molar-refractivity contribution in [3.05, 3.63) is 206 Å². The molecule has 0 aliphatic rings. The highest BCUT2D eigenvalue weighted by Crippen LogP contribution is 2.45. The number of nitrogens with zero attached hydrogens (tertiary/aromatic N) is 4. The van der Waals surface area contributed by atoms with Crippen LogP contribution in [0.2, 0.25) is 0 Å². The van der Waals surface area contributed by atoms with Gasteiger partial charge in [0.1, 0.15) is 11.2 Å². The molecule has 0 unspecified atom stereocenters. The molecule has 10 aromatic carbocycles. The van der Waals surface area contributed by atoms with Gasteiger partial charge in [0.2, 0.25) is 0 Å². The van der Waals surface area contributed by atoms with Gasteiger partial charge in [0.25, 0.3) is 0 Å². The summed E-state index contributed by atoms with van der Waals surface area (Å²) in [5.41, 5.74) is 10.0. The molecule has 288 valence electrons. The van der Waals surface area contributed by atoms with E-state index in [2.05, 4.69) is 138 Å². The van der Waals surface area contributed by atoms with Gasteiger partial charge in [-0.05, 0) is 79.8 Å². The minimum atomic E-state index is 0.596. The number of hydrogen-bond acceptors (Lipinski definition) is 4. The summed E-state index contributed by atoms with van der Waals surface area (Å²) in [5, 5.41) is 11.8. The number of furan rings is 1. The Morgan fingerprint density at radius 3 is 1.50 bits per heavy atom. The Morgan fingerprint density at radius 2 is 0.855 bits per heavy atom. The molecular weight excluding hydrogens is 757 g/mol. The lowest BCUT2D eigenvalue weighted by molar-refractivity contribution is 0.669. The summed E-state index contributed by atoms with van der Waals surface area (Å²) in [6.45, 7) is 0. The average Bonchev–Trinajstić information content (AvgIpc) is 3.91. The maximum atomic E-state index is 6.84. The first-order valence-electron chi connectivity index (χ1n) is 20.9. The second-order valence-corrected chi connectivity index (χ2v) is 15.9. The Hall–Kier alpha value is -8.41. The number of benzene rings is 10. The maximum Gasteiger partial charge on any atom is 0.164 e. The van der Waals surface area contributed by atoms with Crippen LogP contribution < -0.4 is 0 Å². The van der Waals surface area contributed by atoms with E-state index in [4.69, 9.17) is 19.4 Å². The Labute approximate surface area is 355 Å². The Morgan fingerprint density at radius 1 is 0.323 bits per heavy atom. The molecule has 0 saturated heterocycles. The summed E-state index contributed by atoms with van der Waals surface area (Å²) in [4.78, 5) is 15.2. The first-order chi connectivity index (χ1) is 30.7. The molecule has 0 aliphatic carbocycles. The van der Waals surface area contributed by atoms with Crippen LogP contribution in [0.3, 0.4) is 0 Å². The van der Waals surface area contributed by atoms with Crippen LogP contribution in [0.1, 0.15) is 0 Å². The zero-order valence-corrected chi connectivity index (χ0v) is 33.3. The molecule has 0 saturated carbocycles. The molecule has 13 aromatic rings. The third kappa shape index (κ3) is 5.25. The molecule has 3 heterocycles. The first kappa shape index (κ1) is 34.5. The van der Waals surface area contributed by atoms with E-state index in [1.807, 2.05) is 72.8 Å². The smallest absolute Gasteiger partial charge is 0.164 e. The molecule has 5 nitrogen and oxygen atoms in total. The Bertz CT molecular complexity index is 3770. The zero-order chi connectivity index (χ0) is 40.7. The largest absolute Gasteiger partial charge is 0.456 e. The molecule has 0 amide bonds. The zero-order valence-electron chi connectivity index (χ0n) is 33.3. The maximum absolute atomic E-state index is 6.84. The van der Waals surface area contributed by atoms with Gasteiger partial charge >= 0.3 is 0 Å². The van der Waals surface area contributed by atoms with Crippen molar-refractivity contribution in [3.8, 4) is 51.0 Å². The van der Waals surface area contributed by atoms with Gasteiger partial charge in [0.05, 0.1) is 11.0 Å². The highest BCUT2D eigenvalue weighted by Gasteiger charge is 2.22. The standard InChI is InChI=1S/C57H34N4O/c1-3-17-37(18-4-1)55-58-56(38-19-5-2-6-20-38)60-57(59-55)45-27-14-28-49-54(45)53-44-26-12-11-25-43(44)46(34-50(53)62-49)39-21-13-22-40(33-39)61-47-31-29-35-15-7-9-23-41(35)51(47)52-42-24-10-8-16-36(42)30-32-48(52)61/h1-34H. The minimum Gasteiger partial charge on any atom is -0.456 e. The molecule has 62 heavy (non-hydrogen) atoms. The molecule has 3 aromatic heterocycles. The minimum absolute atomic E-state index is 0.596. The summed E-state index contributed by atoms with van der Waals surface area (Å²) in [6, 6.07) is 72.7. The van der Waals surface area contributed by atoms with Crippen LogP contribution in [0.25, 0.3) is 127 Å². The van der Waals surface area contributed by atoms with Gasteiger partial charge in [-0.15, -0.1) is 0 Å². The Kier molecular flexibility index (Phi) is 7.54. The SMILES string of the molecule is c1ccc(-c2nc(-c3ccccc3)nc(-c3cccc4oc5cc(-c6cccc(-n7c8ccc9ccccc9c8c8c9ccccc9ccc87)c6)c6ccccc6c5c34)n2)cc1. The molecule has 0 atom stereocenters. The van der Waals surface area contributed by atoms with Crippen molar-refractivity contribution in [1.82, 2.24) is 19.5 Å². The molecule has 0 fully saturated rings. The fourth-order valence-electron chi connectivity index (χ4n) is 9.67. The van der Waals surface area contributed by atoms with Gasteiger partial charge in [-0.2, -0.15) is 0 Å². The molecule has 0 radical (unpaired) electrons. The lowest BCUT2D eigenvalue weighted by Gasteiger charge is -2.13. The molecule has 13 rings (SSSR count). The van der Waals surface area contributed by atoms with Crippen LogP contribution >= 0.6 is 0 Å². The van der Waals surface area contributed by atoms with E-state index in [9.17, 15) is 0 Å². The summed E-state index contributed by atoms with van der Waals surface area (Å²) in [6.07, 6.45) is 0. The van der Waals surface area contributed by atoms with Crippen molar-refractivity contribution in [3.63, 3.8) is 0 Å². The van der Waals surface area contributed by atoms with Crippen LogP contribution in [0.4, 0.5) is 0 Å². The topological polar surface area (TPSA) is 56.7 Å². The fourth-order valence-corrected chi connectivity index (χ4v) is 9.67. The molecular formula is C57H34N4O. The van der Waals surface area contributed by atoms with E-state index in [-0.39, 0.29) is 0 Å². The molecule has 5 heteroatoms. The van der Waals surface area contributed by atoms with E-state index in [0.717, 1.165) is 66.2 Å². The van der Waals surface area contributed by atoms with E-state index in [1.54, 1.807) is 0 Å². The highest BCUT2D eigenvalue weighted by atomic mass is 16.3. The van der Waals surface area contributed by atoms with Crippen LogP contribution in [0.5, 0.6) is 0 Å². The van der Waals surface area contributed by atoms with Crippen LogP contribution in [0, 0.1) is 0 Å². The van der Waals surface area contributed by atoms with Crippen LogP contribution in [0.15, 0.2) is 211 Å². The predicted molar refractivity (Wildman–Crippen MR) is 256 cm³/mol. The van der Waals surface area contributed by atoms with Gasteiger partial charge in [-0.25, -0.2) is 15.0 Å². The van der Waals surface area contributed by atoms with Crippen molar-refractivity contribution < 1.29 is 4.42 Å². The summed E-state index contributed by atoms with van der Waals surface area (Å²) < 4.78 is 9.27. The normalized spacial score (nSPS) is 11.9. The number of hydrogen-bond donors (Lipinski definition) is 0. The average molecular weight is 791 g/mol. The van der Waals surface area contributed by atoms with Crippen molar-refractivity contribution in [2.75, 3.05) is 0 Å². The lowest BCUT2D eigenvalue weighted by Crippen LogP contribution is -2.00. The second-order valence-electron chi connectivity index (χ2n) is 15.9. The van der Waals surface area contributed by atoms with E-state index in [1.165, 1.54) is 43.4 Å². The summed E-state index contributed by atoms with van der Waals surface area (Å²) in [7, 11) is 0. The van der Waals surface area contributed by atoms with E-state index >= 15 is 0 Å². The molecule has 0 spiro atoms. The summed E-state index contributed by atoms with van der Waals surface area (Å²) in [5.74, 6) is 1.84. The number of aromatic nitrogens is 4. The number of fused-ring (bicyclic) bond motifs is 12. The van der Waals surface area contributed by atoms with Gasteiger partial charge < -0.3 is 8.98 Å². The van der Waals surface area contributed by atoms with Crippen LogP contribution in [-0.2, 0) is 0 Å². The van der Waals surface area contributed by atoms with E-state index in [0.29, 0.717) is 17.5 Å². The van der Waals surface area contributed by atoms with Crippen molar-refractivity contribution in [2.24, 2.45) is 0 Å². The van der Waals surface area contributed by atoms with Gasteiger partial charge in [0.15, 0.2) is 17.5 Å². The Balaban J connectivity index is 1.03. The van der Waals surface area contributed by atoms with Gasteiger partial charge in [-0.3, -0.25) is 0 Å². The second kappa shape index (κ2) is 13.6.